The first-order chi connectivity index (χ1) is 11.0. The van der Waals surface area contributed by atoms with Crippen molar-refractivity contribution in [1.82, 2.24) is 19.7 Å². The molecule has 2 aromatic rings. The summed E-state index contributed by atoms with van der Waals surface area (Å²) in [5.74, 6) is 0.717. The van der Waals surface area contributed by atoms with Crippen molar-refractivity contribution in [3.8, 4) is 0 Å². The molecule has 0 bridgehead atoms. The molecule has 6 nitrogen and oxygen atoms in total. The summed E-state index contributed by atoms with van der Waals surface area (Å²) in [7, 11) is 3.70. The number of aromatic nitrogens is 3. The number of nitrogens with one attached hydrogen (secondary N) is 1. The molecule has 1 N–H and O–H groups in total. The van der Waals surface area contributed by atoms with Gasteiger partial charge >= 0.3 is 6.03 Å². The Kier molecular flexibility index (Phi) is 4.39. The molecule has 1 unspecified atom stereocenters. The molecule has 2 aromatic heterocycles. The van der Waals surface area contributed by atoms with Crippen molar-refractivity contribution in [1.29, 1.82) is 0 Å². The van der Waals surface area contributed by atoms with E-state index in [-0.39, 0.29) is 12.1 Å². The van der Waals surface area contributed by atoms with Crippen LogP contribution in [0.25, 0.3) is 0 Å². The first-order valence-electron chi connectivity index (χ1n) is 8.02. The van der Waals surface area contributed by atoms with Crippen LogP contribution >= 0.6 is 11.3 Å². The van der Waals surface area contributed by atoms with E-state index in [0.717, 1.165) is 36.4 Å². The van der Waals surface area contributed by atoms with Crippen LogP contribution in [0.4, 0.5) is 10.6 Å². The average Bonchev–Trinajstić information content (AvgIpc) is 3.08. The van der Waals surface area contributed by atoms with Gasteiger partial charge in [0.15, 0.2) is 0 Å². The van der Waals surface area contributed by atoms with Crippen molar-refractivity contribution in [3.63, 3.8) is 0 Å². The number of amides is 2. The standard InChI is InChI=1S/C16H23N5OS/c1-5-14-17-11-7-6-8-12(15(11)23-14)20(3)16(22)18-13-9-10(2)19-21(13)4/h9,12H,5-8H2,1-4H3,(H,18,22). The summed E-state index contributed by atoms with van der Waals surface area (Å²) in [6.45, 7) is 4.04. The van der Waals surface area contributed by atoms with E-state index in [0.29, 0.717) is 5.82 Å². The van der Waals surface area contributed by atoms with Crippen LogP contribution in [0.15, 0.2) is 6.07 Å². The van der Waals surface area contributed by atoms with Crippen LogP contribution < -0.4 is 5.32 Å². The minimum absolute atomic E-state index is 0.0997. The highest BCUT2D eigenvalue weighted by atomic mass is 32.1. The van der Waals surface area contributed by atoms with Crippen molar-refractivity contribution >= 4 is 23.2 Å². The minimum atomic E-state index is -0.0997. The molecular weight excluding hydrogens is 310 g/mol. The Hall–Kier alpha value is -1.89. The molecule has 3 rings (SSSR count). The number of fused-ring (bicyclic) bond motifs is 1. The van der Waals surface area contributed by atoms with E-state index in [1.165, 1.54) is 10.6 Å². The number of rotatable bonds is 3. The third-order valence-corrected chi connectivity index (χ3v) is 5.64. The quantitative estimate of drug-likeness (QED) is 0.937. The van der Waals surface area contributed by atoms with E-state index in [1.54, 1.807) is 20.9 Å². The first kappa shape index (κ1) is 16.0. The molecule has 0 fully saturated rings. The molecule has 0 radical (unpaired) electrons. The van der Waals surface area contributed by atoms with E-state index in [1.807, 2.05) is 27.1 Å². The van der Waals surface area contributed by atoms with Gasteiger partial charge in [0.2, 0.25) is 0 Å². The highest BCUT2D eigenvalue weighted by molar-refractivity contribution is 7.11. The second-order valence-electron chi connectivity index (χ2n) is 6.02. The van der Waals surface area contributed by atoms with Crippen LogP contribution in [0, 0.1) is 6.92 Å². The fourth-order valence-corrected chi connectivity index (χ4v) is 4.27. The Morgan fingerprint density at radius 3 is 3.00 bits per heavy atom. The number of aryl methyl sites for hydroxylation is 4. The van der Waals surface area contributed by atoms with Crippen molar-refractivity contribution in [3.05, 3.63) is 27.3 Å². The molecule has 0 spiro atoms. The van der Waals surface area contributed by atoms with Gasteiger partial charge in [0, 0.05) is 20.2 Å². The van der Waals surface area contributed by atoms with Gasteiger partial charge in [-0.15, -0.1) is 11.3 Å². The van der Waals surface area contributed by atoms with Crippen molar-refractivity contribution in [2.24, 2.45) is 7.05 Å². The molecule has 1 aliphatic rings. The second-order valence-corrected chi connectivity index (χ2v) is 7.13. The fraction of sp³-hybridized carbons (Fsp3) is 0.562. The van der Waals surface area contributed by atoms with Crippen LogP contribution in [0.2, 0.25) is 0 Å². The molecule has 1 atom stereocenters. The summed E-state index contributed by atoms with van der Waals surface area (Å²) >= 11 is 1.75. The van der Waals surface area contributed by atoms with E-state index < -0.39 is 0 Å². The second kappa shape index (κ2) is 6.31. The number of hydrogen-bond acceptors (Lipinski definition) is 4. The normalized spacial score (nSPS) is 17.0. The largest absolute Gasteiger partial charge is 0.323 e. The zero-order chi connectivity index (χ0) is 16.6. The lowest BCUT2D eigenvalue weighted by Crippen LogP contribution is -2.36. The fourth-order valence-electron chi connectivity index (χ4n) is 3.04. The highest BCUT2D eigenvalue weighted by Crippen LogP contribution is 2.37. The van der Waals surface area contributed by atoms with E-state index in [9.17, 15) is 4.79 Å². The zero-order valence-corrected chi connectivity index (χ0v) is 14.9. The maximum absolute atomic E-state index is 12.6. The monoisotopic (exact) mass is 333 g/mol. The van der Waals surface area contributed by atoms with Gasteiger partial charge in [0.05, 0.1) is 27.3 Å². The van der Waals surface area contributed by atoms with Crippen LogP contribution in [0.5, 0.6) is 0 Å². The summed E-state index contributed by atoms with van der Waals surface area (Å²) in [6, 6.07) is 1.89. The molecule has 1 aliphatic carbocycles. The smallest absolute Gasteiger partial charge is 0.320 e. The predicted octanol–water partition coefficient (Wildman–Crippen LogP) is 3.29. The van der Waals surface area contributed by atoms with Crippen LogP contribution in [0.3, 0.4) is 0 Å². The lowest BCUT2D eigenvalue weighted by atomic mass is 9.97. The number of nitrogens with zero attached hydrogens (tertiary/aromatic N) is 4. The number of carbonyl (C=O) groups excluding carboxylic acids is 1. The van der Waals surface area contributed by atoms with Gasteiger partial charge in [-0.05, 0) is 32.6 Å². The maximum atomic E-state index is 12.6. The van der Waals surface area contributed by atoms with Crippen LogP contribution in [0.1, 0.15) is 47.1 Å². The third kappa shape index (κ3) is 3.10. The Morgan fingerprint density at radius 2 is 2.35 bits per heavy atom. The Bertz CT molecular complexity index is 720. The molecule has 23 heavy (non-hydrogen) atoms. The van der Waals surface area contributed by atoms with Gasteiger partial charge in [-0.25, -0.2) is 9.78 Å². The Balaban J connectivity index is 1.78. The van der Waals surface area contributed by atoms with Crippen LogP contribution in [-0.4, -0.2) is 32.7 Å². The van der Waals surface area contributed by atoms with Gasteiger partial charge in [-0.1, -0.05) is 6.92 Å². The maximum Gasteiger partial charge on any atom is 0.323 e. The van der Waals surface area contributed by atoms with Crippen molar-refractivity contribution in [2.45, 2.75) is 45.6 Å². The lowest BCUT2D eigenvalue weighted by Gasteiger charge is -2.30. The molecular formula is C16H23N5OS. The molecule has 124 valence electrons. The van der Waals surface area contributed by atoms with E-state index >= 15 is 0 Å². The van der Waals surface area contributed by atoms with Gasteiger partial charge < -0.3 is 4.90 Å². The summed E-state index contributed by atoms with van der Waals surface area (Å²) < 4.78 is 1.69. The third-order valence-electron chi connectivity index (χ3n) is 4.29. The highest BCUT2D eigenvalue weighted by Gasteiger charge is 2.30. The molecule has 2 amide bonds. The van der Waals surface area contributed by atoms with Crippen molar-refractivity contribution < 1.29 is 4.79 Å². The molecule has 0 saturated heterocycles. The number of carbonyl (C=O) groups is 1. The molecule has 0 aromatic carbocycles. The number of urea groups is 1. The number of thiazole rings is 1. The average molecular weight is 333 g/mol. The SMILES string of the molecule is CCc1nc2c(s1)C(N(C)C(=O)Nc1cc(C)nn1C)CCC2. The molecule has 0 saturated carbocycles. The molecule has 2 heterocycles. The number of hydrogen-bond donors (Lipinski definition) is 1. The number of anilines is 1. The van der Waals surface area contributed by atoms with Gasteiger partial charge in [-0.3, -0.25) is 10.00 Å². The van der Waals surface area contributed by atoms with E-state index in [2.05, 4.69) is 17.3 Å². The zero-order valence-electron chi connectivity index (χ0n) is 14.1. The topological polar surface area (TPSA) is 63.1 Å². The van der Waals surface area contributed by atoms with Gasteiger partial charge in [-0.2, -0.15) is 5.10 Å². The molecule has 0 aliphatic heterocycles. The summed E-state index contributed by atoms with van der Waals surface area (Å²) in [5, 5.41) is 8.38. The minimum Gasteiger partial charge on any atom is -0.320 e. The van der Waals surface area contributed by atoms with E-state index in [4.69, 9.17) is 4.98 Å². The predicted molar refractivity (Wildman–Crippen MR) is 91.9 cm³/mol. The summed E-state index contributed by atoms with van der Waals surface area (Å²) in [6.07, 6.45) is 4.05. The molecule has 7 heteroatoms. The Labute approximate surface area is 140 Å². The lowest BCUT2D eigenvalue weighted by molar-refractivity contribution is 0.198. The van der Waals surface area contributed by atoms with Gasteiger partial charge in [0.1, 0.15) is 5.82 Å². The Morgan fingerprint density at radius 1 is 1.57 bits per heavy atom. The first-order valence-corrected chi connectivity index (χ1v) is 8.84. The van der Waals surface area contributed by atoms with Crippen molar-refractivity contribution in [2.75, 3.05) is 12.4 Å². The summed E-state index contributed by atoms with van der Waals surface area (Å²) in [4.78, 5) is 20.4. The van der Waals surface area contributed by atoms with Crippen LogP contribution in [-0.2, 0) is 19.9 Å². The van der Waals surface area contributed by atoms with Gasteiger partial charge in [0.25, 0.3) is 0 Å². The summed E-state index contributed by atoms with van der Waals surface area (Å²) in [5.41, 5.74) is 2.07.